The molecule has 0 unspecified atom stereocenters. The summed E-state index contributed by atoms with van der Waals surface area (Å²) >= 11 is 0. The summed E-state index contributed by atoms with van der Waals surface area (Å²) in [4.78, 5) is 0. The molecule has 5 nitrogen and oxygen atoms in total. The van der Waals surface area contributed by atoms with Crippen LogP contribution in [0, 0.1) is 0 Å². The Morgan fingerprint density at radius 1 is 1.27 bits per heavy atom. The van der Waals surface area contributed by atoms with Gasteiger partial charge in [-0.25, -0.2) is 0 Å². The summed E-state index contributed by atoms with van der Waals surface area (Å²) in [6, 6.07) is 0. The lowest BCUT2D eigenvalue weighted by atomic mass is 9.81. The van der Waals surface area contributed by atoms with Gasteiger partial charge in [0, 0.05) is 6.20 Å². The second-order valence-electron chi connectivity index (χ2n) is 4.75. The number of hydrogen-bond acceptors (Lipinski definition) is 4. The number of aromatic nitrogens is 2. The molecule has 15 heavy (non-hydrogen) atoms. The first-order valence-corrected chi connectivity index (χ1v) is 4.92. The van der Waals surface area contributed by atoms with Crippen LogP contribution in [0.3, 0.4) is 0 Å². The maximum Gasteiger partial charge on any atom is 0.502 e. The summed E-state index contributed by atoms with van der Waals surface area (Å²) in [6.07, 6.45) is 1.58. The molecule has 6 heteroatoms. The number of hydrogen-bond donors (Lipinski definition) is 2. The Labute approximate surface area is 88.9 Å². The Morgan fingerprint density at radius 2 is 1.80 bits per heavy atom. The van der Waals surface area contributed by atoms with Gasteiger partial charge in [0.15, 0.2) is 0 Å². The minimum Gasteiger partial charge on any atom is -0.492 e. The number of H-pyrrole nitrogens is 1. The van der Waals surface area contributed by atoms with Crippen LogP contribution >= 0.6 is 0 Å². The third-order valence-electron chi connectivity index (χ3n) is 3.16. The summed E-state index contributed by atoms with van der Waals surface area (Å²) in [5.41, 5.74) is -0.267. The summed E-state index contributed by atoms with van der Waals surface area (Å²) in [5.74, 6) is -0.0755. The molecule has 0 saturated carbocycles. The van der Waals surface area contributed by atoms with Gasteiger partial charge in [0.05, 0.1) is 16.7 Å². The van der Waals surface area contributed by atoms with Crippen LogP contribution in [0.15, 0.2) is 6.20 Å². The quantitative estimate of drug-likeness (QED) is 0.659. The van der Waals surface area contributed by atoms with Gasteiger partial charge in [0.2, 0.25) is 5.88 Å². The van der Waals surface area contributed by atoms with Crippen molar-refractivity contribution < 1.29 is 14.4 Å². The second-order valence-corrected chi connectivity index (χ2v) is 4.75. The van der Waals surface area contributed by atoms with Crippen molar-refractivity contribution in [2.75, 3.05) is 0 Å². The van der Waals surface area contributed by atoms with Gasteiger partial charge in [-0.15, -0.1) is 5.10 Å². The minimum absolute atomic E-state index is 0.0755. The molecule has 0 atom stereocenters. The first-order chi connectivity index (χ1) is 6.83. The Morgan fingerprint density at radius 3 is 2.20 bits per heavy atom. The van der Waals surface area contributed by atoms with Gasteiger partial charge in [-0.2, -0.15) is 0 Å². The Hall–Kier alpha value is -1.01. The average Bonchev–Trinajstić information content (AvgIpc) is 2.55. The number of nitrogens with zero attached hydrogens (tertiary/aromatic N) is 1. The molecule has 0 amide bonds. The van der Waals surface area contributed by atoms with E-state index in [9.17, 15) is 5.11 Å². The van der Waals surface area contributed by atoms with Crippen LogP contribution in [0.2, 0.25) is 0 Å². The van der Waals surface area contributed by atoms with E-state index in [0.29, 0.717) is 5.46 Å². The van der Waals surface area contributed by atoms with Gasteiger partial charge in [-0.3, -0.25) is 5.10 Å². The highest BCUT2D eigenvalue weighted by Crippen LogP contribution is 2.36. The highest BCUT2D eigenvalue weighted by molar-refractivity contribution is 6.62. The first kappa shape index (κ1) is 10.5. The predicted octanol–water partition coefficient (Wildman–Crippen LogP) is 0.414. The van der Waals surface area contributed by atoms with E-state index in [1.54, 1.807) is 6.20 Å². The fourth-order valence-corrected chi connectivity index (χ4v) is 1.44. The molecular weight excluding hydrogens is 195 g/mol. The lowest BCUT2D eigenvalue weighted by molar-refractivity contribution is 0.00578. The zero-order valence-corrected chi connectivity index (χ0v) is 9.37. The minimum atomic E-state index is -0.561. The Balaban J connectivity index is 2.27. The normalized spacial score (nSPS) is 23.3. The highest BCUT2D eigenvalue weighted by atomic mass is 16.7. The number of rotatable bonds is 1. The molecule has 2 heterocycles. The molecular formula is C9H15BN2O3. The summed E-state index contributed by atoms with van der Waals surface area (Å²) < 4.78 is 11.5. The third kappa shape index (κ3) is 1.53. The lowest BCUT2D eigenvalue weighted by Crippen LogP contribution is -2.41. The summed E-state index contributed by atoms with van der Waals surface area (Å²) in [6.45, 7) is 7.85. The van der Waals surface area contributed by atoms with Gasteiger partial charge in [0.1, 0.15) is 0 Å². The van der Waals surface area contributed by atoms with E-state index in [-0.39, 0.29) is 5.88 Å². The number of aromatic hydroxyl groups is 1. The standard InChI is InChI=1S/C9H15BN2O3/c1-8(2)9(3,4)15-10(14-8)6-5-11-12-7(6)13/h5H,1-4H3,(H2,11,12,13). The van der Waals surface area contributed by atoms with Crippen molar-refractivity contribution in [3.05, 3.63) is 6.20 Å². The van der Waals surface area contributed by atoms with E-state index in [2.05, 4.69) is 10.2 Å². The molecule has 0 aromatic carbocycles. The lowest BCUT2D eigenvalue weighted by Gasteiger charge is -2.32. The maximum absolute atomic E-state index is 9.45. The van der Waals surface area contributed by atoms with Crippen LogP contribution in [0.25, 0.3) is 0 Å². The molecule has 2 rings (SSSR count). The number of aromatic amines is 1. The zero-order chi connectivity index (χ0) is 11.3. The molecule has 82 valence electrons. The fraction of sp³-hybridized carbons (Fsp3) is 0.667. The zero-order valence-electron chi connectivity index (χ0n) is 9.37. The van der Waals surface area contributed by atoms with Crippen LogP contribution in [0.4, 0.5) is 0 Å². The molecule has 0 bridgehead atoms. The molecule has 2 N–H and O–H groups in total. The van der Waals surface area contributed by atoms with Crippen molar-refractivity contribution in [3.63, 3.8) is 0 Å². The Bertz CT molecular complexity index is 359. The molecule has 1 aromatic rings. The van der Waals surface area contributed by atoms with E-state index < -0.39 is 18.3 Å². The van der Waals surface area contributed by atoms with E-state index >= 15 is 0 Å². The monoisotopic (exact) mass is 210 g/mol. The van der Waals surface area contributed by atoms with Gasteiger partial charge in [0.25, 0.3) is 0 Å². The topological polar surface area (TPSA) is 67.4 Å². The molecule has 1 aromatic heterocycles. The van der Waals surface area contributed by atoms with Crippen molar-refractivity contribution in [3.8, 4) is 5.88 Å². The third-order valence-corrected chi connectivity index (χ3v) is 3.16. The largest absolute Gasteiger partial charge is 0.502 e. The van der Waals surface area contributed by atoms with Gasteiger partial charge in [-0.1, -0.05) is 0 Å². The van der Waals surface area contributed by atoms with Crippen LogP contribution in [0.1, 0.15) is 27.7 Å². The van der Waals surface area contributed by atoms with Crippen LogP contribution in [-0.2, 0) is 9.31 Å². The summed E-state index contributed by atoms with van der Waals surface area (Å²) in [7, 11) is -0.561. The van der Waals surface area contributed by atoms with E-state index in [1.165, 1.54) is 0 Å². The molecule has 1 aliphatic rings. The van der Waals surface area contributed by atoms with Crippen molar-refractivity contribution in [2.45, 2.75) is 38.9 Å². The molecule has 0 radical (unpaired) electrons. The van der Waals surface area contributed by atoms with Crippen molar-refractivity contribution in [1.82, 2.24) is 10.2 Å². The molecule has 1 fully saturated rings. The van der Waals surface area contributed by atoms with Crippen molar-refractivity contribution in [1.29, 1.82) is 0 Å². The highest BCUT2D eigenvalue weighted by Gasteiger charge is 2.52. The van der Waals surface area contributed by atoms with Crippen LogP contribution in [0.5, 0.6) is 5.88 Å². The van der Waals surface area contributed by atoms with E-state index in [0.717, 1.165) is 0 Å². The molecule has 1 aliphatic heterocycles. The first-order valence-electron chi connectivity index (χ1n) is 4.92. The summed E-state index contributed by atoms with van der Waals surface area (Å²) in [5, 5.41) is 15.6. The van der Waals surface area contributed by atoms with E-state index in [4.69, 9.17) is 9.31 Å². The average molecular weight is 210 g/mol. The fourth-order valence-electron chi connectivity index (χ4n) is 1.44. The smallest absolute Gasteiger partial charge is 0.492 e. The van der Waals surface area contributed by atoms with Gasteiger partial charge in [-0.05, 0) is 27.7 Å². The van der Waals surface area contributed by atoms with Crippen LogP contribution < -0.4 is 5.46 Å². The maximum atomic E-state index is 9.45. The predicted molar refractivity (Wildman–Crippen MR) is 56.0 cm³/mol. The van der Waals surface area contributed by atoms with Gasteiger partial charge >= 0.3 is 7.12 Å². The van der Waals surface area contributed by atoms with Crippen molar-refractivity contribution in [2.24, 2.45) is 0 Å². The van der Waals surface area contributed by atoms with Crippen LogP contribution in [-0.4, -0.2) is 33.6 Å². The molecule has 1 saturated heterocycles. The van der Waals surface area contributed by atoms with E-state index in [1.807, 2.05) is 27.7 Å². The molecule has 0 aliphatic carbocycles. The molecule has 0 spiro atoms. The van der Waals surface area contributed by atoms with Crippen molar-refractivity contribution >= 4 is 12.6 Å². The second kappa shape index (κ2) is 2.99. The van der Waals surface area contributed by atoms with Gasteiger partial charge < -0.3 is 14.4 Å². The number of nitrogens with one attached hydrogen (secondary N) is 1. The SMILES string of the molecule is CC1(C)OB(c2c[nH]nc2O)OC1(C)C. The Kier molecular flexibility index (Phi) is 2.10.